The van der Waals surface area contributed by atoms with Crippen molar-refractivity contribution in [2.24, 2.45) is 0 Å². The van der Waals surface area contributed by atoms with Gasteiger partial charge in [0.2, 0.25) is 5.91 Å². The standard InChI is InChI=1S/C20H29N3O2/c1-2-12-22-14-10-17(11-15-22)21-20(25)16-6-8-18(9-7-16)23-13-4-3-5-19(23)24/h6-9,17H,2-5,10-15H2,1H3,(H,21,25). The van der Waals surface area contributed by atoms with Crippen LogP contribution in [0.4, 0.5) is 5.69 Å². The van der Waals surface area contributed by atoms with E-state index in [4.69, 9.17) is 0 Å². The van der Waals surface area contributed by atoms with Crippen LogP contribution in [0.3, 0.4) is 0 Å². The SMILES string of the molecule is CCCN1CCC(NC(=O)c2ccc(N3CCCCC3=O)cc2)CC1. The van der Waals surface area contributed by atoms with Gasteiger partial charge in [-0.15, -0.1) is 0 Å². The molecule has 0 aromatic heterocycles. The van der Waals surface area contributed by atoms with Crippen LogP contribution >= 0.6 is 0 Å². The van der Waals surface area contributed by atoms with Gasteiger partial charge in [0, 0.05) is 43.3 Å². The van der Waals surface area contributed by atoms with Crippen molar-refractivity contribution in [1.82, 2.24) is 10.2 Å². The minimum absolute atomic E-state index is 0.00883. The van der Waals surface area contributed by atoms with Crippen molar-refractivity contribution >= 4 is 17.5 Å². The molecule has 2 amide bonds. The number of carbonyl (C=O) groups is 2. The number of anilines is 1. The molecular weight excluding hydrogens is 314 g/mol. The molecule has 1 N–H and O–H groups in total. The van der Waals surface area contributed by atoms with Gasteiger partial charge in [-0.3, -0.25) is 9.59 Å². The second-order valence-electron chi connectivity index (χ2n) is 7.14. The summed E-state index contributed by atoms with van der Waals surface area (Å²) in [6.07, 6.45) is 5.87. The molecule has 2 aliphatic rings. The van der Waals surface area contributed by atoms with Gasteiger partial charge in [-0.1, -0.05) is 6.92 Å². The van der Waals surface area contributed by atoms with Crippen LogP contribution in [0.1, 0.15) is 55.8 Å². The summed E-state index contributed by atoms with van der Waals surface area (Å²) in [5.74, 6) is 0.174. The number of hydrogen-bond donors (Lipinski definition) is 1. The Morgan fingerprint density at radius 1 is 1.12 bits per heavy atom. The zero-order valence-corrected chi connectivity index (χ0v) is 15.2. The fourth-order valence-electron chi connectivity index (χ4n) is 3.76. The smallest absolute Gasteiger partial charge is 0.251 e. The molecule has 2 heterocycles. The Labute approximate surface area is 150 Å². The van der Waals surface area contributed by atoms with Gasteiger partial charge in [0.15, 0.2) is 0 Å². The molecular formula is C20H29N3O2. The van der Waals surface area contributed by atoms with E-state index in [1.165, 1.54) is 6.42 Å². The number of likely N-dealkylation sites (tertiary alicyclic amines) is 1. The maximum Gasteiger partial charge on any atom is 0.251 e. The zero-order chi connectivity index (χ0) is 17.6. The number of benzene rings is 1. The van der Waals surface area contributed by atoms with Gasteiger partial charge >= 0.3 is 0 Å². The molecule has 5 nitrogen and oxygen atoms in total. The number of hydrogen-bond acceptors (Lipinski definition) is 3. The van der Waals surface area contributed by atoms with E-state index in [1.54, 1.807) is 0 Å². The average Bonchev–Trinajstić information content (AvgIpc) is 2.64. The summed E-state index contributed by atoms with van der Waals surface area (Å²) < 4.78 is 0. The summed E-state index contributed by atoms with van der Waals surface area (Å²) in [5.41, 5.74) is 1.57. The topological polar surface area (TPSA) is 52.7 Å². The van der Waals surface area contributed by atoms with Gasteiger partial charge in [-0.25, -0.2) is 0 Å². The maximum absolute atomic E-state index is 12.5. The summed E-state index contributed by atoms with van der Waals surface area (Å²) in [4.78, 5) is 28.8. The molecule has 0 radical (unpaired) electrons. The van der Waals surface area contributed by atoms with E-state index >= 15 is 0 Å². The van der Waals surface area contributed by atoms with Crippen LogP contribution in [0.15, 0.2) is 24.3 Å². The summed E-state index contributed by atoms with van der Waals surface area (Å²) in [5, 5.41) is 3.16. The van der Waals surface area contributed by atoms with Crippen molar-refractivity contribution in [2.75, 3.05) is 31.1 Å². The lowest BCUT2D eigenvalue weighted by atomic mass is 10.0. The van der Waals surface area contributed by atoms with Gasteiger partial charge in [-0.2, -0.15) is 0 Å². The number of nitrogens with zero attached hydrogens (tertiary/aromatic N) is 2. The third-order valence-corrected chi connectivity index (χ3v) is 5.23. The first-order valence-electron chi connectivity index (χ1n) is 9.61. The predicted octanol–water partition coefficient (Wildman–Crippen LogP) is 2.81. The van der Waals surface area contributed by atoms with Gasteiger partial charge in [-0.05, 0) is 62.9 Å². The molecule has 2 fully saturated rings. The lowest BCUT2D eigenvalue weighted by molar-refractivity contribution is -0.119. The van der Waals surface area contributed by atoms with Crippen molar-refractivity contribution in [3.63, 3.8) is 0 Å². The van der Waals surface area contributed by atoms with E-state index < -0.39 is 0 Å². The van der Waals surface area contributed by atoms with E-state index in [0.717, 1.165) is 57.5 Å². The molecule has 0 saturated carbocycles. The quantitative estimate of drug-likeness (QED) is 0.894. The Balaban J connectivity index is 1.53. The zero-order valence-electron chi connectivity index (χ0n) is 15.2. The first kappa shape index (κ1) is 17.9. The maximum atomic E-state index is 12.5. The van der Waals surface area contributed by atoms with Gasteiger partial charge < -0.3 is 15.1 Å². The fraction of sp³-hybridized carbons (Fsp3) is 0.600. The fourth-order valence-corrected chi connectivity index (χ4v) is 3.76. The number of carbonyl (C=O) groups excluding carboxylic acids is 2. The van der Waals surface area contributed by atoms with Gasteiger partial charge in [0.25, 0.3) is 5.91 Å². The van der Waals surface area contributed by atoms with Crippen LogP contribution in [-0.4, -0.2) is 48.9 Å². The Bertz CT molecular complexity index is 591. The molecule has 0 aliphatic carbocycles. The minimum atomic E-state index is -0.00883. The van der Waals surface area contributed by atoms with Crippen LogP contribution < -0.4 is 10.2 Å². The highest BCUT2D eigenvalue weighted by Gasteiger charge is 2.22. The van der Waals surface area contributed by atoms with Crippen molar-refractivity contribution in [3.8, 4) is 0 Å². The van der Waals surface area contributed by atoms with Crippen LogP contribution in [-0.2, 0) is 4.79 Å². The first-order chi connectivity index (χ1) is 12.2. The second-order valence-corrected chi connectivity index (χ2v) is 7.14. The molecule has 1 aromatic rings. The minimum Gasteiger partial charge on any atom is -0.349 e. The molecule has 2 saturated heterocycles. The third kappa shape index (κ3) is 4.60. The lowest BCUT2D eigenvalue weighted by Gasteiger charge is -2.32. The van der Waals surface area contributed by atoms with Crippen molar-refractivity contribution in [2.45, 2.75) is 51.5 Å². The highest BCUT2D eigenvalue weighted by Crippen LogP contribution is 2.21. The second kappa shape index (κ2) is 8.48. The van der Waals surface area contributed by atoms with E-state index in [1.807, 2.05) is 29.2 Å². The molecule has 0 bridgehead atoms. The molecule has 3 rings (SSSR count). The average molecular weight is 343 g/mol. The summed E-state index contributed by atoms with van der Waals surface area (Å²) in [6.45, 7) is 6.26. The summed E-state index contributed by atoms with van der Waals surface area (Å²) >= 11 is 0. The normalized spacial score (nSPS) is 19.9. The van der Waals surface area contributed by atoms with Gasteiger partial charge in [0.1, 0.15) is 0 Å². The third-order valence-electron chi connectivity index (χ3n) is 5.23. The molecule has 25 heavy (non-hydrogen) atoms. The molecule has 0 atom stereocenters. The van der Waals surface area contributed by atoms with E-state index in [0.29, 0.717) is 12.0 Å². The van der Waals surface area contributed by atoms with Crippen molar-refractivity contribution in [1.29, 1.82) is 0 Å². The van der Waals surface area contributed by atoms with Gasteiger partial charge in [0.05, 0.1) is 0 Å². The van der Waals surface area contributed by atoms with E-state index in [2.05, 4.69) is 17.1 Å². The molecule has 2 aliphatic heterocycles. The Morgan fingerprint density at radius 2 is 1.84 bits per heavy atom. The summed E-state index contributed by atoms with van der Waals surface area (Å²) in [7, 11) is 0. The monoisotopic (exact) mass is 343 g/mol. The Kier molecular flexibility index (Phi) is 6.08. The number of rotatable bonds is 5. The summed E-state index contributed by atoms with van der Waals surface area (Å²) in [6, 6.07) is 7.71. The largest absolute Gasteiger partial charge is 0.349 e. The lowest BCUT2D eigenvalue weighted by Crippen LogP contribution is -2.44. The predicted molar refractivity (Wildman–Crippen MR) is 99.9 cm³/mol. The molecule has 136 valence electrons. The number of piperidine rings is 2. The van der Waals surface area contributed by atoms with Crippen LogP contribution in [0.5, 0.6) is 0 Å². The molecule has 0 spiro atoms. The van der Waals surface area contributed by atoms with E-state index in [-0.39, 0.29) is 17.9 Å². The Morgan fingerprint density at radius 3 is 2.48 bits per heavy atom. The van der Waals surface area contributed by atoms with Crippen molar-refractivity contribution in [3.05, 3.63) is 29.8 Å². The van der Waals surface area contributed by atoms with Crippen LogP contribution in [0, 0.1) is 0 Å². The molecule has 1 aromatic carbocycles. The number of nitrogens with one attached hydrogen (secondary N) is 1. The first-order valence-corrected chi connectivity index (χ1v) is 9.61. The van der Waals surface area contributed by atoms with Crippen LogP contribution in [0.2, 0.25) is 0 Å². The van der Waals surface area contributed by atoms with Crippen molar-refractivity contribution < 1.29 is 9.59 Å². The van der Waals surface area contributed by atoms with E-state index in [9.17, 15) is 9.59 Å². The highest BCUT2D eigenvalue weighted by atomic mass is 16.2. The molecule has 5 heteroatoms. The Hall–Kier alpha value is -1.88. The van der Waals surface area contributed by atoms with Crippen LogP contribution in [0.25, 0.3) is 0 Å². The highest BCUT2D eigenvalue weighted by molar-refractivity contribution is 5.97. The molecule has 0 unspecified atom stereocenters. The number of amides is 2.